The van der Waals surface area contributed by atoms with E-state index in [1.807, 2.05) is 0 Å². The molecule has 0 aromatic heterocycles. The van der Waals surface area contributed by atoms with Gasteiger partial charge in [0.2, 0.25) is 5.91 Å². The zero-order valence-electron chi connectivity index (χ0n) is 14.3. The van der Waals surface area contributed by atoms with Crippen LogP contribution >= 0.6 is 0 Å². The van der Waals surface area contributed by atoms with Crippen molar-refractivity contribution >= 4 is 11.6 Å². The van der Waals surface area contributed by atoms with E-state index in [1.54, 1.807) is 12.1 Å². The minimum absolute atomic E-state index is 0.127. The third kappa shape index (κ3) is 4.50. The minimum Gasteiger partial charge on any atom is -0.493 e. The van der Waals surface area contributed by atoms with Gasteiger partial charge in [0.25, 0.3) is 0 Å². The number of hydrogen-bond donors (Lipinski definition) is 3. The highest BCUT2D eigenvalue weighted by Crippen LogP contribution is 2.32. The normalized spacial score (nSPS) is 19.1. The number of amides is 1. The first kappa shape index (κ1) is 19.0. The fourth-order valence-electron chi connectivity index (χ4n) is 2.90. The van der Waals surface area contributed by atoms with E-state index < -0.39 is 12.5 Å². The molecular formula is C18H18F3N3O3. The Kier molecular flexibility index (Phi) is 5.82. The van der Waals surface area contributed by atoms with Crippen molar-refractivity contribution in [2.24, 2.45) is 5.92 Å². The number of methoxy groups -OCH3 is 1. The van der Waals surface area contributed by atoms with E-state index >= 15 is 0 Å². The molecule has 1 heterocycles. The van der Waals surface area contributed by atoms with E-state index in [9.17, 15) is 18.0 Å². The molecule has 6 nitrogen and oxygen atoms in total. The van der Waals surface area contributed by atoms with Crippen LogP contribution in [0, 0.1) is 11.7 Å². The van der Waals surface area contributed by atoms with E-state index in [2.05, 4.69) is 20.9 Å². The van der Waals surface area contributed by atoms with Crippen molar-refractivity contribution in [3.63, 3.8) is 0 Å². The van der Waals surface area contributed by atoms with Crippen LogP contribution in [0.25, 0.3) is 0 Å². The Bertz CT molecular complexity index is 802. The van der Waals surface area contributed by atoms with Gasteiger partial charge in [-0.1, -0.05) is 12.1 Å². The molecule has 0 saturated carbocycles. The number of hydrogen-bond acceptors (Lipinski definition) is 5. The Labute approximate surface area is 153 Å². The lowest BCUT2D eigenvalue weighted by molar-refractivity contribution is -0.119. The van der Waals surface area contributed by atoms with Crippen molar-refractivity contribution in [2.45, 2.75) is 12.7 Å². The number of anilines is 1. The van der Waals surface area contributed by atoms with Crippen molar-refractivity contribution in [3.05, 3.63) is 53.8 Å². The fourth-order valence-corrected chi connectivity index (χ4v) is 2.90. The van der Waals surface area contributed by atoms with E-state index in [4.69, 9.17) is 4.74 Å². The molecule has 2 atom stereocenters. The summed E-state index contributed by atoms with van der Waals surface area (Å²) in [6, 6.07) is 9.70. The van der Waals surface area contributed by atoms with Gasteiger partial charge >= 0.3 is 6.61 Å². The summed E-state index contributed by atoms with van der Waals surface area (Å²) in [4.78, 5) is 12.7. The van der Waals surface area contributed by atoms with Gasteiger partial charge in [-0.05, 0) is 29.8 Å². The molecule has 9 heteroatoms. The van der Waals surface area contributed by atoms with Crippen LogP contribution in [0.1, 0.15) is 11.6 Å². The number of halogens is 3. The summed E-state index contributed by atoms with van der Waals surface area (Å²) in [6.45, 7) is -2.67. The number of carbonyl (C=O) groups excluding carboxylic acids is 1. The van der Waals surface area contributed by atoms with Crippen LogP contribution in [0.3, 0.4) is 0 Å². The van der Waals surface area contributed by atoms with E-state index in [0.717, 1.165) is 5.56 Å². The molecule has 0 bridgehead atoms. The van der Waals surface area contributed by atoms with Gasteiger partial charge in [-0.15, -0.1) is 0 Å². The topological polar surface area (TPSA) is 71.6 Å². The Morgan fingerprint density at radius 2 is 1.93 bits per heavy atom. The van der Waals surface area contributed by atoms with Gasteiger partial charge in [0.05, 0.1) is 19.1 Å². The number of nitrogens with one attached hydrogen (secondary N) is 3. The zero-order valence-corrected chi connectivity index (χ0v) is 14.3. The molecule has 27 heavy (non-hydrogen) atoms. The smallest absolute Gasteiger partial charge is 0.387 e. The molecule has 3 N–H and O–H groups in total. The molecule has 0 aliphatic carbocycles. The predicted octanol–water partition coefficient (Wildman–Crippen LogP) is 2.84. The number of alkyl halides is 2. The number of rotatable bonds is 6. The molecule has 0 radical (unpaired) electrons. The second-order valence-electron chi connectivity index (χ2n) is 5.89. The van der Waals surface area contributed by atoms with Crippen LogP contribution < -0.4 is 25.6 Å². The maximum atomic E-state index is 13.1. The lowest BCUT2D eigenvalue weighted by Gasteiger charge is -2.19. The Hall–Kier alpha value is -2.78. The van der Waals surface area contributed by atoms with Crippen LogP contribution in [0.5, 0.6) is 11.5 Å². The molecule has 1 saturated heterocycles. The average Bonchev–Trinajstić information content (AvgIpc) is 3.12. The predicted molar refractivity (Wildman–Crippen MR) is 92.0 cm³/mol. The Morgan fingerprint density at radius 1 is 1.19 bits per heavy atom. The second kappa shape index (κ2) is 8.28. The second-order valence-corrected chi connectivity index (χ2v) is 5.89. The van der Waals surface area contributed by atoms with Gasteiger partial charge in [0, 0.05) is 18.3 Å². The zero-order chi connectivity index (χ0) is 19.4. The SMILES string of the molecule is COc1ccc(NC(=O)C2CNNC2c2ccc(F)cc2)cc1OC(F)F. The highest BCUT2D eigenvalue weighted by Gasteiger charge is 2.34. The van der Waals surface area contributed by atoms with Crippen molar-refractivity contribution in [3.8, 4) is 11.5 Å². The molecule has 1 aliphatic rings. The molecule has 2 aromatic rings. The first-order chi connectivity index (χ1) is 13.0. The van der Waals surface area contributed by atoms with Crippen molar-refractivity contribution in [1.29, 1.82) is 0 Å². The summed E-state index contributed by atoms with van der Waals surface area (Å²) in [5.74, 6) is -1.23. The van der Waals surface area contributed by atoms with E-state index in [0.29, 0.717) is 12.2 Å². The molecule has 0 spiro atoms. The maximum absolute atomic E-state index is 13.1. The largest absolute Gasteiger partial charge is 0.493 e. The van der Waals surface area contributed by atoms with Gasteiger partial charge in [0.1, 0.15) is 5.82 Å². The average molecular weight is 381 g/mol. The van der Waals surface area contributed by atoms with Gasteiger partial charge in [0.15, 0.2) is 11.5 Å². The lowest BCUT2D eigenvalue weighted by Crippen LogP contribution is -2.29. The third-order valence-corrected chi connectivity index (χ3v) is 4.20. The first-order valence-electron chi connectivity index (χ1n) is 8.15. The highest BCUT2D eigenvalue weighted by atomic mass is 19.3. The molecule has 1 fully saturated rings. The molecule has 144 valence electrons. The maximum Gasteiger partial charge on any atom is 0.387 e. The number of hydrazine groups is 1. The first-order valence-corrected chi connectivity index (χ1v) is 8.15. The third-order valence-electron chi connectivity index (χ3n) is 4.20. The molecular weight excluding hydrogens is 363 g/mol. The molecule has 3 rings (SSSR count). The van der Waals surface area contributed by atoms with Gasteiger partial charge in [-0.2, -0.15) is 8.78 Å². The van der Waals surface area contributed by atoms with Gasteiger partial charge in [-0.3, -0.25) is 10.2 Å². The van der Waals surface area contributed by atoms with Gasteiger partial charge in [-0.25, -0.2) is 9.82 Å². The van der Waals surface area contributed by atoms with Crippen LogP contribution in [0.15, 0.2) is 42.5 Å². The summed E-state index contributed by atoms with van der Waals surface area (Å²) in [7, 11) is 1.33. The van der Waals surface area contributed by atoms with Crippen LogP contribution in [-0.4, -0.2) is 26.2 Å². The van der Waals surface area contributed by atoms with Crippen LogP contribution in [0.2, 0.25) is 0 Å². The summed E-state index contributed by atoms with van der Waals surface area (Å²) in [6.07, 6.45) is 0. The number of benzene rings is 2. The number of carbonyl (C=O) groups is 1. The minimum atomic E-state index is -3.02. The molecule has 2 aromatic carbocycles. The van der Waals surface area contributed by atoms with Crippen LogP contribution in [0.4, 0.5) is 18.9 Å². The summed E-state index contributed by atoms with van der Waals surface area (Å²) in [5.41, 5.74) is 6.94. The quantitative estimate of drug-likeness (QED) is 0.718. The van der Waals surface area contributed by atoms with E-state index in [-0.39, 0.29) is 29.3 Å². The van der Waals surface area contributed by atoms with Gasteiger partial charge < -0.3 is 14.8 Å². The van der Waals surface area contributed by atoms with Crippen molar-refractivity contribution in [1.82, 2.24) is 10.9 Å². The standard InChI is InChI=1S/C18H18F3N3O3/c1-26-14-7-6-12(8-15(14)27-18(20)21)23-17(25)13-9-22-24-16(13)10-2-4-11(19)5-3-10/h2-8,13,16,18,22,24H,9H2,1H3,(H,23,25). The molecule has 2 unspecified atom stereocenters. The summed E-state index contributed by atoms with van der Waals surface area (Å²) >= 11 is 0. The number of ether oxygens (including phenoxy) is 2. The monoisotopic (exact) mass is 381 g/mol. The Balaban J connectivity index is 1.75. The summed E-state index contributed by atoms with van der Waals surface area (Å²) < 4.78 is 47.6. The van der Waals surface area contributed by atoms with Crippen LogP contribution in [-0.2, 0) is 4.79 Å². The molecule has 1 aliphatic heterocycles. The molecule has 1 amide bonds. The van der Waals surface area contributed by atoms with Crippen molar-refractivity contribution in [2.75, 3.05) is 19.0 Å². The lowest BCUT2D eigenvalue weighted by atomic mass is 9.94. The highest BCUT2D eigenvalue weighted by molar-refractivity contribution is 5.93. The summed E-state index contributed by atoms with van der Waals surface area (Å²) in [5, 5.41) is 2.69. The Morgan fingerprint density at radius 3 is 2.59 bits per heavy atom. The van der Waals surface area contributed by atoms with E-state index in [1.165, 1.54) is 37.4 Å². The van der Waals surface area contributed by atoms with Crippen molar-refractivity contribution < 1.29 is 27.4 Å². The fraction of sp³-hybridized carbons (Fsp3) is 0.278.